The van der Waals surface area contributed by atoms with Gasteiger partial charge in [-0.2, -0.15) is 0 Å². The second-order valence-corrected chi connectivity index (χ2v) is 18.3. The molecule has 3 saturated carbocycles. The first-order valence-corrected chi connectivity index (χ1v) is 19.7. The van der Waals surface area contributed by atoms with Gasteiger partial charge in [0.05, 0.1) is 35.9 Å². The van der Waals surface area contributed by atoms with Crippen LogP contribution in [0.4, 0.5) is 5.69 Å². The number of hydrogen-bond acceptors (Lipinski definition) is 9. The highest BCUT2D eigenvalue weighted by molar-refractivity contribution is 5.98. The third-order valence-corrected chi connectivity index (χ3v) is 15.9. The highest BCUT2D eigenvalue weighted by Gasteiger charge is 2.77. The van der Waals surface area contributed by atoms with E-state index in [4.69, 9.17) is 4.74 Å². The number of aliphatic hydroxyl groups excluding tert-OH is 3. The van der Waals surface area contributed by atoms with Gasteiger partial charge in [-0.25, -0.2) is 0 Å². The van der Waals surface area contributed by atoms with Crippen molar-refractivity contribution < 1.29 is 45.0 Å². The van der Waals surface area contributed by atoms with Crippen LogP contribution >= 0.6 is 0 Å². The molecule has 0 unspecified atom stereocenters. The van der Waals surface area contributed by atoms with Gasteiger partial charge in [0.25, 0.3) is 0 Å². The van der Waals surface area contributed by atoms with E-state index in [0.717, 1.165) is 12.0 Å². The fourth-order valence-corrected chi connectivity index (χ4v) is 12.7. The minimum absolute atomic E-state index is 0.0242. The van der Waals surface area contributed by atoms with E-state index in [1.807, 2.05) is 13.0 Å². The highest BCUT2D eigenvalue weighted by atomic mass is 16.6. The molecule has 1 aromatic carbocycles. The lowest BCUT2D eigenvalue weighted by Crippen LogP contribution is -2.69. The van der Waals surface area contributed by atoms with Gasteiger partial charge in [0.2, 0.25) is 5.91 Å². The topological polar surface area (TPSA) is 171 Å². The Balaban J connectivity index is 1.25. The Hall–Kier alpha value is -2.60. The fourth-order valence-electron chi connectivity index (χ4n) is 12.7. The average molecular weight is 720 g/mol. The minimum atomic E-state index is -1.51. The largest absolute Gasteiger partial charge is 0.508 e. The number of benzene rings is 1. The summed E-state index contributed by atoms with van der Waals surface area (Å²) >= 11 is 0. The van der Waals surface area contributed by atoms with Crippen LogP contribution in [-0.4, -0.2) is 91.1 Å². The van der Waals surface area contributed by atoms with E-state index >= 15 is 0 Å². The van der Waals surface area contributed by atoms with Gasteiger partial charge in [-0.3, -0.25) is 9.59 Å². The summed E-state index contributed by atoms with van der Waals surface area (Å²) < 4.78 is 6.38. The van der Waals surface area contributed by atoms with E-state index in [0.29, 0.717) is 68.7 Å². The summed E-state index contributed by atoms with van der Waals surface area (Å²) in [5, 5.41) is 70.3. The van der Waals surface area contributed by atoms with Gasteiger partial charge in [0.1, 0.15) is 17.5 Å². The van der Waals surface area contributed by atoms with Crippen molar-refractivity contribution in [2.75, 3.05) is 18.1 Å². The molecule has 0 spiro atoms. The van der Waals surface area contributed by atoms with Crippen LogP contribution in [0.25, 0.3) is 0 Å². The van der Waals surface area contributed by atoms with Crippen LogP contribution in [0.2, 0.25) is 0 Å². The average Bonchev–Trinajstić information content (AvgIpc) is 3.71. The molecule has 1 amide bonds. The Morgan fingerprint density at radius 3 is 2.50 bits per heavy atom. The molecule has 0 radical (unpaired) electrons. The standard InChI is InChI=1S/C42H57NO9/c1-23(2)24(3)36-37(52-36)41(50)11-5-7-26-17-29-30(19-34(48)39(22-44)21-32(47)31(46)20-38(29,39)4)42(51)13-10-33(41)40(26,42)12-9-25-15-27(18-28(45)16-25)43-14-6-8-35(43)49/h5,7,15-16,18-19,23-24,26,29,31-33,36-37,44-47,50-51H,6,8-14,17,20-22H2,1-4H3/t24-,26+,29-,31+,32-,33+,36-,37-,38-,39+,40-,41+,42+/m1/s1. The number of aryl methyl sites for hydroxylation is 1. The van der Waals surface area contributed by atoms with Crippen LogP contribution in [0.15, 0.2) is 42.0 Å². The molecule has 284 valence electrons. The molecule has 0 bridgehead atoms. The van der Waals surface area contributed by atoms with E-state index in [-0.39, 0.29) is 60.1 Å². The summed E-state index contributed by atoms with van der Waals surface area (Å²) in [4.78, 5) is 28.8. The molecule has 5 aliphatic carbocycles. The maximum atomic E-state index is 14.4. The monoisotopic (exact) mass is 719 g/mol. The Bertz CT molecular complexity index is 1710. The number of carbonyl (C=O) groups excluding carboxylic acids is 2. The van der Waals surface area contributed by atoms with Crippen LogP contribution in [0, 0.1) is 45.8 Å². The van der Waals surface area contributed by atoms with Gasteiger partial charge < -0.3 is 40.3 Å². The predicted octanol–water partition coefficient (Wildman–Crippen LogP) is 3.98. The van der Waals surface area contributed by atoms with E-state index in [1.165, 1.54) is 0 Å². The van der Waals surface area contributed by atoms with Crippen molar-refractivity contribution in [2.45, 2.75) is 128 Å². The first-order chi connectivity index (χ1) is 24.6. The number of anilines is 1. The molecule has 10 heteroatoms. The number of rotatable bonds is 8. The minimum Gasteiger partial charge on any atom is -0.508 e. The highest BCUT2D eigenvalue weighted by Crippen LogP contribution is 2.75. The number of aromatic hydroxyl groups is 1. The maximum absolute atomic E-state index is 14.4. The van der Waals surface area contributed by atoms with Crippen molar-refractivity contribution in [3.05, 3.63) is 47.6 Å². The first kappa shape index (κ1) is 36.4. The van der Waals surface area contributed by atoms with Crippen molar-refractivity contribution in [3.8, 4) is 5.75 Å². The lowest BCUT2D eigenvalue weighted by atomic mass is 9.39. The molecular formula is C42H57NO9. The smallest absolute Gasteiger partial charge is 0.227 e. The molecule has 6 N–H and O–H groups in total. The number of aliphatic hydroxyl groups is 5. The Labute approximate surface area is 306 Å². The van der Waals surface area contributed by atoms with Crippen molar-refractivity contribution >= 4 is 17.4 Å². The summed E-state index contributed by atoms with van der Waals surface area (Å²) in [6.45, 7) is 8.55. The molecule has 13 atom stereocenters. The summed E-state index contributed by atoms with van der Waals surface area (Å²) in [5.41, 5.74) is -3.84. The van der Waals surface area contributed by atoms with Crippen molar-refractivity contribution in [2.24, 2.45) is 45.8 Å². The lowest BCUT2D eigenvalue weighted by molar-refractivity contribution is -0.203. The zero-order valence-corrected chi connectivity index (χ0v) is 31.0. The summed E-state index contributed by atoms with van der Waals surface area (Å²) in [5.74, 6) is -0.645. The van der Waals surface area contributed by atoms with Crippen LogP contribution in [0.3, 0.4) is 0 Å². The van der Waals surface area contributed by atoms with E-state index in [1.54, 1.807) is 23.1 Å². The third-order valence-electron chi connectivity index (χ3n) is 15.9. The van der Waals surface area contributed by atoms with E-state index in [2.05, 4.69) is 32.9 Å². The van der Waals surface area contributed by atoms with Crippen molar-refractivity contribution in [1.29, 1.82) is 0 Å². The maximum Gasteiger partial charge on any atom is 0.227 e. The number of carbonyl (C=O) groups is 2. The number of epoxide rings is 1. The number of phenolic OH excluding ortho intramolecular Hbond substituents is 1. The van der Waals surface area contributed by atoms with Crippen molar-refractivity contribution in [1.82, 2.24) is 0 Å². The van der Waals surface area contributed by atoms with Crippen LogP contribution in [-0.2, 0) is 20.7 Å². The number of hydrogen-bond donors (Lipinski definition) is 6. The number of allylic oxidation sites excluding steroid dienone is 2. The number of fused-ring (bicyclic) bond motifs is 4. The second kappa shape index (κ2) is 12.2. The Morgan fingerprint density at radius 1 is 1.06 bits per heavy atom. The fraction of sp³-hybridized carbons (Fsp3) is 0.714. The normalized spacial score (nSPS) is 45.7. The molecule has 2 heterocycles. The van der Waals surface area contributed by atoms with Gasteiger partial charge in [-0.05, 0) is 116 Å². The number of amides is 1. The van der Waals surface area contributed by atoms with Crippen LogP contribution < -0.4 is 4.90 Å². The molecule has 7 aliphatic rings. The number of nitrogens with zero attached hydrogens (tertiary/aromatic N) is 1. The molecule has 2 saturated heterocycles. The quantitative estimate of drug-likeness (QED) is 0.172. The lowest BCUT2D eigenvalue weighted by Gasteiger charge is -2.66. The van der Waals surface area contributed by atoms with Crippen LogP contribution in [0.5, 0.6) is 5.75 Å². The Morgan fingerprint density at radius 2 is 1.81 bits per heavy atom. The zero-order valence-electron chi connectivity index (χ0n) is 31.0. The molecule has 2 aliphatic heterocycles. The second-order valence-electron chi connectivity index (χ2n) is 18.3. The first-order valence-electron chi connectivity index (χ1n) is 19.7. The summed E-state index contributed by atoms with van der Waals surface area (Å²) in [6, 6.07) is 5.28. The van der Waals surface area contributed by atoms with Gasteiger partial charge in [0.15, 0.2) is 5.78 Å². The summed E-state index contributed by atoms with van der Waals surface area (Å²) in [6.07, 6.45) is 6.99. The number of phenols is 1. The molecule has 52 heavy (non-hydrogen) atoms. The molecule has 5 fully saturated rings. The van der Waals surface area contributed by atoms with Gasteiger partial charge in [-0.15, -0.1) is 0 Å². The van der Waals surface area contributed by atoms with E-state index in [9.17, 15) is 40.2 Å². The van der Waals surface area contributed by atoms with Crippen LogP contribution in [0.1, 0.15) is 91.0 Å². The summed E-state index contributed by atoms with van der Waals surface area (Å²) in [7, 11) is 0. The van der Waals surface area contributed by atoms with E-state index < -0.39 is 52.4 Å². The predicted molar refractivity (Wildman–Crippen MR) is 193 cm³/mol. The molecular weight excluding hydrogens is 662 g/mol. The number of ketones is 1. The van der Waals surface area contributed by atoms with Crippen molar-refractivity contribution in [3.63, 3.8) is 0 Å². The number of ether oxygens (including phenoxy) is 1. The third kappa shape index (κ3) is 4.83. The molecule has 8 rings (SSSR count). The molecule has 10 nitrogen and oxygen atoms in total. The molecule has 1 aromatic rings. The van der Waals surface area contributed by atoms with Gasteiger partial charge in [0, 0.05) is 36.1 Å². The SMILES string of the molecule is CC(C)[C@@H](C)[C@H]1O[C@H]1[C@]1(O)CC=C[C@H]2C[C@@H]3C(=CC(=O)[C@@]4(CO)C[C@@H](O)[C@@H](O)C[C@]34C)[C@@]3(O)CC[C@H]1[C@@]23CCc1cc(O)cc(N2CCCC2=O)c1. The van der Waals surface area contributed by atoms with Gasteiger partial charge >= 0.3 is 0 Å². The molecule has 0 aromatic heterocycles. The Kier molecular flexibility index (Phi) is 8.54. The zero-order chi connectivity index (χ0) is 37.2. The van der Waals surface area contributed by atoms with Gasteiger partial charge in [-0.1, -0.05) is 39.8 Å².